The molecule has 0 saturated carbocycles. The SMILES string of the molecule is CCCCC(CC)COc1ccc(-c2nc(-c3ccc(OC)cc3)nc(-c3ccc(OCC(CC)CCCC)cc3O)n2)c(O)c1.Oc1cccc(O)c1. The second-order valence-electron chi connectivity index (χ2n) is 13.4. The van der Waals surface area contributed by atoms with Gasteiger partial charge in [0.1, 0.15) is 40.2 Å². The van der Waals surface area contributed by atoms with Gasteiger partial charge in [0.2, 0.25) is 0 Å². The first-order valence-corrected chi connectivity index (χ1v) is 19.0. The molecular formula is C44H55N3O7. The number of methoxy groups -OCH3 is 1. The molecule has 1 aromatic heterocycles. The number of benzene rings is 4. The minimum absolute atomic E-state index is 0.00143. The molecule has 0 aliphatic heterocycles. The van der Waals surface area contributed by atoms with Crippen LogP contribution < -0.4 is 14.2 Å². The van der Waals surface area contributed by atoms with Gasteiger partial charge in [-0.25, -0.2) is 15.0 Å². The van der Waals surface area contributed by atoms with E-state index < -0.39 is 0 Å². The normalized spacial score (nSPS) is 11.9. The van der Waals surface area contributed by atoms with E-state index in [-0.39, 0.29) is 34.6 Å². The maximum absolute atomic E-state index is 11.1. The van der Waals surface area contributed by atoms with Crippen molar-refractivity contribution in [2.24, 2.45) is 11.8 Å². The molecule has 2 unspecified atom stereocenters. The molecule has 5 aromatic rings. The second kappa shape index (κ2) is 21.3. The first-order chi connectivity index (χ1) is 26.2. The Morgan fingerprint density at radius 2 is 0.981 bits per heavy atom. The van der Waals surface area contributed by atoms with Crippen molar-refractivity contribution >= 4 is 0 Å². The standard InChI is InChI=1S/C38H49N3O5.C6H6O2/c1-6-10-12-26(8-3)24-45-30-18-20-32(34(42)22-30)37-39-36(28-14-16-29(44-5)17-15-28)40-38(41-37)33-21-19-31(23-35(33)43)46-25-27(9-4)13-11-7-2;7-5-2-1-3-6(8)4-5/h14-23,26-27,42-43H,6-13,24-25H2,1-5H3;1-4,7-8H. The van der Waals surface area contributed by atoms with E-state index in [1.165, 1.54) is 31.0 Å². The lowest BCUT2D eigenvalue weighted by Gasteiger charge is -2.16. The lowest BCUT2D eigenvalue weighted by Crippen LogP contribution is -2.11. The van der Waals surface area contributed by atoms with Crippen molar-refractivity contribution in [3.8, 4) is 74.4 Å². The maximum Gasteiger partial charge on any atom is 0.167 e. The van der Waals surface area contributed by atoms with Gasteiger partial charge in [0.25, 0.3) is 0 Å². The van der Waals surface area contributed by atoms with Gasteiger partial charge in [-0.05, 0) is 85.3 Å². The number of rotatable bonds is 18. The first-order valence-electron chi connectivity index (χ1n) is 19.0. The zero-order valence-electron chi connectivity index (χ0n) is 32.2. The van der Waals surface area contributed by atoms with Crippen LogP contribution >= 0.6 is 0 Å². The molecule has 0 amide bonds. The minimum atomic E-state index is -0.00143. The summed E-state index contributed by atoms with van der Waals surface area (Å²) < 4.78 is 17.4. The summed E-state index contributed by atoms with van der Waals surface area (Å²) in [5.74, 6) is 3.95. The fourth-order valence-corrected chi connectivity index (χ4v) is 5.78. The Hall–Kier alpha value is -5.51. The summed E-state index contributed by atoms with van der Waals surface area (Å²) in [6, 6.07) is 23.6. The molecule has 0 radical (unpaired) electrons. The van der Waals surface area contributed by atoms with Gasteiger partial charge in [-0.2, -0.15) is 0 Å². The van der Waals surface area contributed by atoms with E-state index in [4.69, 9.17) is 39.4 Å². The van der Waals surface area contributed by atoms with Crippen LogP contribution in [0.5, 0.6) is 40.2 Å². The van der Waals surface area contributed by atoms with Crippen molar-refractivity contribution in [3.05, 3.63) is 84.9 Å². The van der Waals surface area contributed by atoms with Crippen LogP contribution in [0.15, 0.2) is 84.9 Å². The van der Waals surface area contributed by atoms with Crippen LogP contribution in [0.4, 0.5) is 0 Å². The molecule has 10 heteroatoms. The number of phenols is 4. The van der Waals surface area contributed by atoms with Crippen LogP contribution in [0, 0.1) is 11.8 Å². The highest BCUT2D eigenvalue weighted by Gasteiger charge is 2.18. The molecule has 0 bridgehead atoms. The average Bonchev–Trinajstić information content (AvgIpc) is 3.18. The predicted octanol–water partition coefficient (Wildman–Crippen LogP) is 10.6. The van der Waals surface area contributed by atoms with E-state index in [1.54, 1.807) is 37.4 Å². The Bertz CT molecular complexity index is 1780. The van der Waals surface area contributed by atoms with Crippen LogP contribution in [-0.2, 0) is 0 Å². The number of aromatic hydroxyl groups is 4. The van der Waals surface area contributed by atoms with Crippen molar-refractivity contribution in [3.63, 3.8) is 0 Å². The molecule has 10 nitrogen and oxygen atoms in total. The molecule has 0 spiro atoms. The quantitative estimate of drug-likeness (QED) is 0.0685. The molecule has 0 aliphatic carbocycles. The highest BCUT2D eigenvalue weighted by Crippen LogP contribution is 2.36. The summed E-state index contributed by atoms with van der Waals surface area (Å²) in [7, 11) is 1.61. The van der Waals surface area contributed by atoms with Crippen LogP contribution in [0.2, 0.25) is 0 Å². The molecule has 2 atom stereocenters. The molecule has 5 rings (SSSR count). The van der Waals surface area contributed by atoms with Crippen LogP contribution in [-0.4, -0.2) is 55.7 Å². The molecule has 288 valence electrons. The largest absolute Gasteiger partial charge is 0.508 e. The van der Waals surface area contributed by atoms with Crippen molar-refractivity contribution in [1.82, 2.24) is 15.0 Å². The van der Waals surface area contributed by atoms with E-state index in [1.807, 2.05) is 36.4 Å². The van der Waals surface area contributed by atoms with E-state index >= 15 is 0 Å². The maximum atomic E-state index is 11.1. The number of ether oxygens (including phenoxy) is 3. The van der Waals surface area contributed by atoms with Gasteiger partial charge in [-0.1, -0.05) is 72.3 Å². The molecule has 4 aromatic carbocycles. The smallest absolute Gasteiger partial charge is 0.167 e. The number of hydrogen-bond acceptors (Lipinski definition) is 10. The molecular weight excluding hydrogens is 682 g/mol. The van der Waals surface area contributed by atoms with Crippen molar-refractivity contribution in [2.75, 3.05) is 20.3 Å². The number of hydrogen-bond donors (Lipinski definition) is 4. The van der Waals surface area contributed by atoms with Crippen LogP contribution in [0.3, 0.4) is 0 Å². The molecule has 0 fully saturated rings. The third kappa shape index (κ3) is 12.3. The number of phenolic OH excluding ortho intramolecular Hbond substituents is 4. The number of unbranched alkanes of at least 4 members (excludes halogenated alkanes) is 2. The van der Waals surface area contributed by atoms with E-state index in [2.05, 4.69) is 27.7 Å². The van der Waals surface area contributed by atoms with Gasteiger partial charge in [-0.15, -0.1) is 0 Å². The Morgan fingerprint density at radius 3 is 1.35 bits per heavy atom. The van der Waals surface area contributed by atoms with Gasteiger partial charge in [0, 0.05) is 23.8 Å². The van der Waals surface area contributed by atoms with Gasteiger partial charge >= 0.3 is 0 Å². The summed E-state index contributed by atoms with van der Waals surface area (Å²) in [6.07, 6.45) is 9.00. The molecule has 54 heavy (non-hydrogen) atoms. The molecule has 1 heterocycles. The van der Waals surface area contributed by atoms with Gasteiger partial charge < -0.3 is 34.6 Å². The van der Waals surface area contributed by atoms with Crippen LogP contribution in [0.1, 0.15) is 79.1 Å². The number of aromatic nitrogens is 3. The third-order valence-corrected chi connectivity index (χ3v) is 9.29. The molecule has 4 N–H and O–H groups in total. The third-order valence-electron chi connectivity index (χ3n) is 9.29. The summed E-state index contributed by atoms with van der Waals surface area (Å²) in [4.78, 5) is 14.2. The topological polar surface area (TPSA) is 147 Å². The Labute approximate surface area is 319 Å². The summed E-state index contributed by atoms with van der Waals surface area (Å²) in [5, 5.41) is 39.5. The minimum Gasteiger partial charge on any atom is -0.508 e. The highest BCUT2D eigenvalue weighted by molar-refractivity contribution is 5.73. The van der Waals surface area contributed by atoms with Crippen molar-refractivity contribution in [2.45, 2.75) is 79.1 Å². The van der Waals surface area contributed by atoms with Crippen molar-refractivity contribution in [1.29, 1.82) is 0 Å². The van der Waals surface area contributed by atoms with Crippen molar-refractivity contribution < 1.29 is 34.6 Å². The number of nitrogens with zero attached hydrogens (tertiary/aromatic N) is 3. The monoisotopic (exact) mass is 737 g/mol. The van der Waals surface area contributed by atoms with Gasteiger partial charge in [-0.3, -0.25) is 0 Å². The summed E-state index contributed by atoms with van der Waals surface area (Å²) in [5.41, 5.74) is 1.60. The zero-order valence-corrected chi connectivity index (χ0v) is 32.2. The predicted molar refractivity (Wildman–Crippen MR) is 213 cm³/mol. The lowest BCUT2D eigenvalue weighted by molar-refractivity contribution is 0.232. The fraction of sp³-hybridized carbons (Fsp3) is 0.386. The zero-order chi connectivity index (χ0) is 38.9. The lowest BCUT2D eigenvalue weighted by atomic mass is 10.0. The van der Waals surface area contributed by atoms with Gasteiger partial charge in [0.05, 0.1) is 31.5 Å². The first kappa shape index (κ1) is 41.2. The summed E-state index contributed by atoms with van der Waals surface area (Å²) in [6.45, 7) is 9.95. The average molecular weight is 738 g/mol. The van der Waals surface area contributed by atoms with E-state index in [9.17, 15) is 10.2 Å². The van der Waals surface area contributed by atoms with E-state index in [0.717, 1.165) is 44.1 Å². The highest BCUT2D eigenvalue weighted by atomic mass is 16.5. The van der Waals surface area contributed by atoms with Crippen LogP contribution in [0.25, 0.3) is 34.2 Å². The Balaban J connectivity index is 0.000000718. The van der Waals surface area contributed by atoms with Gasteiger partial charge in [0.15, 0.2) is 17.5 Å². The Morgan fingerprint density at radius 1 is 0.537 bits per heavy atom. The second-order valence-corrected chi connectivity index (χ2v) is 13.4. The molecule has 0 saturated heterocycles. The molecule has 0 aliphatic rings. The fourth-order valence-electron chi connectivity index (χ4n) is 5.78. The Kier molecular flexibility index (Phi) is 16.2. The van der Waals surface area contributed by atoms with E-state index in [0.29, 0.717) is 59.2 Å². The summed E-state index contributed by atoms with van der Waals surface area (Å²) >= 11 is 0.